The van der Waals surface area contributed by atoms with Crippen molar-refractivity contribution < 1.29 is 13.2 Å². The van der Waals surface area contributed by atoms with E-state index in [-0.39, 0.29) is 16.0 Å². The van der Waals surface area contributed by atoms with Crippen LogP contribution in [0.25, 0.3) is 0 Å². The zero-order chi connectivity index (χ0) is 13.8. The SMILES string of the molecule is CCC(CC)NS(=O)(=O)c1ccc(OC)c(Cl)c1. The largest absolute Gasteiger partial charge is 0.495 e. The lowest BCUT2D eigenvalue weighted by atomic mass is 10.2. The fraction of sp³-hybridized carbons (Fsp3) is 0.500. The van der Waals surface area contributed by atoms with Gasteiger partial charge in [-0.1, -0.05) is 25.4 Å². The Morgan fingerprint density at radius 2 is 1.94 bits per heavy atom. The average molecular weight is 292 g/mol. The van der Waals surface area contributed by atoms with Gasteiger partial charge in [-0.2, -0.15) is 0 Å². The van der Waals surface area contributed by atoms with Crippen molar-refractivity contribution in [2.24, 2.45) is 0 Å². The van der Waals surface area contributed by atoms with E-state index in [0.717, 1.165) is 12.8 Å². The van der Waals surface area contributed by atoms with E-state index < -0.39 is 10.0 Å². The number of rotatable bonds is 6. The van der Waals surface area contributed by atoms with E-state index in [1.54, 1.807) is 6.07 Å². The second kappa shape index (κ2) is 6.41. The lowest BCUT2D eigenvalue weighted by Gasteiger charge is -2.15. The van der Waals surface area contributed by atoms with Crippen LogP contribution in [0.5, 0.6) is 5.75 Å². The Balaban J connectivity index is 3.02. The summed E-state index contributed by atoms with van der Waals surface area (Å²) < 4.78 is 31.8. The molecule has 1 rings (SSSR count). The molecule has 0 aliphatic heterocycles. The topological polar surface area (TPSA) is 55.4 Å². The van der Waals surface area contributed by atoms with Crippen molar-refractivity contribution in [1.29, 1.82) is 0 Å². The molecule has 6 heteroatoms. The van der Waals surface area contributed by atoms with Gasteiger partial charge in [-0.25, -0.2) is 13.1 Å². The summed E-state index contributed by atoms with van der Waals surface area (Å²) in [6.07, 6.45) is 1.50. The molecule has 1 N–H and O–H groups in total. The first kappa shape index (κ1) is 15.3. The summed E-state index contributed by atoms with van der Waals surface area (Å²) in [7, 11) is -2.04. The predicted octanol–water partition coefficient (Wildman–Crippen LogP) is 2.82. The first-order valence-corrected chi connectivity index (χ1v) is 7.66. The number of halogens is 1. The minimum absolute atomic E-state index is 0.0594. The lowest BCUT2D eigenvalue weighted by molar-refractivity contribution is 0.414. The van der Waals surface area contributed by atoms with Crippen molar-refractivity contribution in [1.82, 2.24) is 4.72 Å². The Hall–Kier alpha value is -0.780. The fourth-order valence-corrected chi connectivity index (χ4v) is 3.31. The monoisotopic (exact) mass is 291 g/mol. The standard InChI is InChI=1S/C12H18ClNO3S/c1-4-9(5-2)14-18(15,16)10-6-7-12(17-3)11(13)8-10/h6-9,14H,4-5H2,1-3H3. The maximum Gasteiger partial charge on any atom is 0.240 e. The van der Waals surface area contributed by atoms with Gasteiger partial charge < -0.3 is 4.74 Å². The van der Waals surface area contributed by atoms with Gasteiger partial charge in [-0.15, -0.1) is 0 Å². The molecule has 0 aliphatic carbocycles. The summed E-state index contributed by atoms with van der Waals surface area (Å²) in [4.78, 5) is 0.153. The molecule has 18 heavy (non-hydrogen) atoms. The van der Waals surface area contributed by atoms with E-state index in [2.05, 4.69) is 4.72 Å². The highest BCUT2D eigenvalue weighted by Crippen LogP contribution is 2.27. The quantitative estimate of drug-likeness (QED) is 0.877. The van der Waals surface area contributed by atoms with E-state index in [9.17, 15) is 8.42 Å². The number of methoxy groups -OCH3 is 1. The number of hydrogen-bond donors (Lipinski definition) is 1. The molecule has 0 bridgehead atoms. The van der Waals surface area contributed by atoms with E-state index in [1.807, 2.05) is 13.8 Å². The Morgan fingerprint density at radius 3 is 2.39 bits per heavy atom. The fourth-order valence-electron chi connectivity index (χ4n) is 1.56. The summed E-state index contributed by atoms with van der Waals surface area (Å²) in [6.45, 7) is 3.88. The van der Waals surface area contributed by atoms with Gasteiger partial charge >= 0.3 is 0 Å². The van der Waals surface area contributed by atoms with Crippen LogP contribution >= 0.6 is 11.6 Å². The van der Waals surface area contributed by atoms with Crippen LogP contribution in [0.2, 0.25) is 5.02 Å². The van der Waals surface area contributed by atoms with Gasteiger partial charge in [-0.3, -0.25) is 0 Å². The molecule has 0 radical (unpaired) electrons. The first-order valence-electron chi connectivity index (χ1n) is 5.80. The number of ether oxygens (including phenoxy) is 1. The molecule has 0 fully saturated rings. The van der Waals surface area contributed by atoms with Crippen LogP contribution in [0.3, 0.4) is 0 Å². The van der Waals surface area contributed by atoms with Crippen molar-refractivity contribution in [2.75, 3.05) is 7.11 Å². The van der Waals surface area contributed by atoms with Crippen molar-refractivity contribution >= 4 is 21.6 Å². The Bertz CT molecular complexity index is 498. The van der Waals surface area contributed by atoms with Crippen LogP contribution in [-0.4, -0.2) is 21.6 Å². The smallest absolute Gasteiger partial charge is 0.240 e. The summed E-state index contributed by atoms with van der Waals surface area (Å²) >= 11 is 5.92. The van der Waals surface area contributed by atoms with Crippen molar-refractivity contribution in [3.8, 4) is 5.75 Å². The third-order valence-corrected chi connectivity index (χ3v) is 4.55. The molecule has 0 saturated carbocycles. The zero-order valence-electron chi connectivity index (χ0n) is 10.7. The molecule has 0 unspecified atom stereocenters. The van der Waals surface area contributed by atoms with Crippen LogP contribution in [0.15, 0.2) is 23.1 Å². The maximum atomic E-state index is 12.1. The molecule has 0 amide bonds. The van der Waals surface area contributed by atoms with E-state index in [4.69, 9.17) is 16.3 Å². The number of benzene rings is 1. The molecule has 102 valence electrons. The van der Waals surface area contributed by atoms with Crippen molar-refractivity contribution in [3.05, 3.63) is 23.2 Å². The van der Waals surface area contributed by atoms with Gasteiger partial charge in [0.1, 0.15) is 5.75 Å². The van der Waals surface area contributed by atoms with E-state index in [0.29, 0.717) is 5.75 Å². The van der Waals surface area contributed by atoms with Gasteiger partial charge in [0, 0.05) is 6.04 Å². The predicted molar refractivity (Wildman–Crippen MR) is 72.7 cm³/mol. The van der Waals surface area contributed by atoms with Crippen LogP contribution in [0.1, 0.15) is 26.7 Å². The highest BCUT2D eigenvalue weighted by atomic mass is 35.5. The third-order valence-electron chi connectivity index (χ3n) is 2.74. The molecular formula is C12H18ClNO3S. The molecule has 0 heterocycles. The number of hydrogen-bond acceptors (Lipinski definition) is 3. The van der Waals surface area contributed by atoms with E-state index >= 15 is 0 Å². The van der Waals surface area contributed by atoms with Gasteiger partial charge in [0.2, 0.25) is 10.0 Å². The highest BCUT2D eigenvalue weighted by molar-refractivity contribution is 7.89. The zero-order valence-corrected chi connectivity index (χ0v) is 12.3. The molecule has 1 aromatic carbocycles. The Kier molecular flexibility index (Phi) is 5.44. The number of sulfonamides is 1. The minimum Gasteiger partial charge on any atom is -0.495 e. The first-order chi connectivity index (χ1) is 8.44. The minimum atomic E-state index is -3.52. The summed E-state index contributed by atoms with van der Waals surface area (Å²) in [5, 5.41) is 0.282. The summed E-state index contributed by atoms with van der Waals surface area (Å²) in [5.74, 6) is 0.457. The van der Waals surface area contributed by atoms with Gasteiger partial charge in [0.15, 0.2) is 0 Å². The average Bonchev–Trinajstić information content (AvgIpc) is 2.35. The summed E-state index contributed by atoms with van der Waals surface area (Å²) in [5.41, 5.74) is 0. The molecule has 0 atom stereocenters. The third kappa shape index (κ3) is 3.60. The molecule has 0 aromatic heterocycles. The molecule has 1 aromatic rings. The molecular weight excluding hydrogens is 274 g/mol. The summed E-state index contributed by atoms with van der Waals surface area (Å²) in [6, 6.07) is 4.36. The van der Waals surface area contributed by atoms with Crippen LogP contribution in [0.4, 0.5) is 0 Å². The van der Waals surface area contributed by atoms with Gasteiger partial charge in [0.25, 0.3) is 0 Å². The second-order valence-electron chi connectivity index (χ2n) is 3.93. The van der Waals surface area contributed by atoms with Gasteiger partial charge in [0.05, 0.1) is 17.0 Å². The lowest BCUT2D eigenvalue weighted by Crippen LogP contribution is -2.33. The maximum absolute atomic E-state index is 12.1. The molecule has 0 aliphatic rings. The normalized spacial score (nSPS) is 11.8. The van der Waals surface area contributed by atoms with Crippen molar-refractivity contribution in [2.45, 2.75) is 37.6 Å². The van der Waals surface area contributed by atoms with Gasteiger partial charge in [-0.05, 0) is 31.0 Å². The molecule has 4 nitrogen and oxygen atoms in total. The molecule has 0 saturated heterocycles. The van der Waals surface area contributed by atoms with Crippen molar-refractivity contribution in [3.63, 3.8) is 0 Å². The Labute approximate surface area is 113 Å². The molecule has 0 spiro atoms. The highest BCUT2D eigenvalue weighted by Gasteiger charge is 2.19. The second-order valence-corrected chi connectivity index (χ2v) is 6.05. The number of nitrogens with one attached hydrogen (secondary N) is 1. The van der Waals surface area contributed by atoms with E-state index in [1.165, 1.54) is 19.2 Å². The van der Waals surface area contributed by atoms with Crippen LogP contribution < -0.4 is 9.46 Å². The van der Waals surface area contributed by atoms with Crippen LogP contribution in [-0.2, 0) is 10.0 Å². The van der Waals surface area contributed by atoms with Crippen LogP contribution in [0, 0.1) is 0 Å². The Morgan fingerprint density at radius 1 is 1.33 bits per heavy atom.